The van der Waals surface area contributed by atoms with Crippen LogP contribution in [0, 0.1) is 5.82 Å². The number of hydrogen-bond acceptors (Lipinski definition) is 5. The summed E-state index contributed by atoms with van der Waals surface area (Å²) in [6.07, 6.45) is 1.14. The third-order valence-corrected chi connectivity index (χ3v) is 7.06. The molecule has 0 spiro atoms. The molecule has 164 valence electrons. The van der Waals surface area contributed by atoms with Crippen LogP contribution in [0.4, 0.5) is 9.52 Å². The summed E-state index contributed by atoms with van der Waals surface area (Å²) in [6, 6.07) is 22.1. The minimum Gasteiger partial charge on any atom is -0.497 e. The van der Waals surface area contributed by atoms with Gasteiger partial charge >= 0.3 is 0 Å². The lowest BCUT2D eigenvalue weighted by atomic mass is 10.2. The molecule has 0 unspecified atom stereocenters. The molecule has 0 bridgehead atoms. The maximum absolute atomic E-state index is 13.2. The number of thioether (sulfide) groups is 1. The third-order valence-electron chi connectivity index (χ3n) is 4.92. The van der Waals surface area contributed by atoms with Crippen LogP contribution in [0.1, 0.15) is 18.4 Å². The number of carbonyl (C=O) groups excluding carboxylic acids is 1. The summed E-state index contributed by atoms with van der Waals surface area (Å²) in [5, 5.41) is 0.688. The van der Waals surface area contributed by atoms with E-state index in [-0.39, 0.29) is 11.7 Å². The summed E-state index contributed by atoms with van der Waals surface area (Å²) in [5.41, 5.74) is 1.90. The molecule has 0 atom stereocenters. The van der Waals surface area contributed by atoms with Gasteiger partial charge in [0.25, 0.3) is 0 Å². The van der Waals surface area contributed by atoms with E-state index < -0.39 is 0 Å². The third kappa shape index (κ3) is 5.66. The Hall–Kier alpha value is -2.90. The van der Waals surface area contributed by atoms with Crippen LogP contribution in [-0.2, 0) is 11.3 Å². The zero-order valence-electron chi connectivity index (χ0n) is 17.7. The summed E-state index contributed by atoms with van der Waals surface area (Å²) >= 11 is 3.12. The highest BCUT2D eigenvalue weighted by atomic mass is 32.2. The highest BCUT2D eigenvalue weighted by molar-refractivity contribution is 7.99. The number of ether oxygens (including phenoxy) is 1. The van der Waals surface area contributed by atoms with Gasteiger partial charge in [-0.05, 0) is 60.2 Å². The minimum atomic E-state index is -0.241. The van der Waals surface area contributed by atoms with Crippen molar-refractivity contribution in [3.63, 3.8) is 0 Å². The van der Waals surface area contributed by atoms with E-state index in [4.69, 9.17) is 9.72 Å². The number of nitrogens with zero attached hydrogens (tertiary/aromatic N) is 2. The molecule has 4 nitrogen and oxygen atoms in total. The predicted octanol–water partition coefficient (Wildman–Crippen LogP) is 6.55. The van der Waals surface area contributed by atoms with E-state index in [1.165, 1.54) is 23.5 Å². The van der Waals surface area contributed by atoms with Gasteiger partial charge < -0.3 is 4.74 Å². The van der Waals surface area contributed by atoms with Gasteiger partial charge in [0.1, 0.15) is 11.6 Å². The highest BCUT2D eigenvalue weighted by Crippen LogP contribution is 2.33. The number of carbonyl (C=O) groups is 1. The fourth-order valence-corrected chi connectivity index (χ4v) is 5.11. The maximum atomic E-state index is 13.2. The second-order valence-corrected chi connectivity index (χ2v) is 9.38. The van der Waals surface area contributed by atoms with Gasteiger partial charge in [-0.25, -0.2) is 9.37 Å². The zero-order chi connectivity index (χ0) is 22.3. The van der Waals surface area contributed by atoms with Crippen molar-refractivity contribution in [2.24, 2.45) is 0 Å². The number of amides is 1. The second-order valence-electron chi connectivity index (χ2n) is 7.20. The molecule has 32 heavy (non-hydrogen) atoms. The zero-order valence-corrected chi connectivity index (χ0v) is 19.3. The molecule has 1 aromatic heterocycles. The number of anilines is 1. The molecule has 7 heteroatoms. The topological polar surface area (TPSA) is 42.4 Å². The maximum Gasteiger partial charge on any atom is 0.229 e. The normalized spacial score (nSPS) is 10.9. The Kier molecular flexibility index (Phi) is 7.39. The standard InChI is InChI=1S/C25H23FN2O2S2/c1-30-20-11-14-22-23(16-20)32-25(27-22)28(17-18-6-3-2-4-7-18)24(29)8-5-15-31-21-12-9-19(26)10-13-21/h2-4,6-7,9-14,16H,5,8,15,17H2,1H3. The molecular weight excluding hydrogens is 443 g/mol. The first-order valence-electron chi connectivity index (χ1n) is 10.3. The van der Waals surface area contributed by atoms with Crippen LogP contribution < -0.4 is 9.64 Å². The van der Waals surface area contributed by atoms with Gasteiger partial charge in [-0.15, -0.1) is 11.8 Å². The molecular formula is C25H23FN2O2S2. The first-order valence-corrected chi connectivity index (χ1v) is 12.1. The Balaban J connectivity index is 1.47. The summed E-state index contributed by atoms with van der Waals surface area (Å²) in [7, 11) is 1.64. The SMILES string of the molecule is COc1ccc2nc(N(Cc3ccccc3)C(=O)CCCSc3ccc(F)cc3)sc2c1. The van der Waals surface area contributed by atoms with Gasteiger partial charge in [-0.2, -0.15) is 0 Å². The molecule has 3 aromatic carbocycles. The lowest BCUT2D eigenvalue weighted by molar-refractivity contribution is -0.118. The molecule has 0 fully saturated rings. The average molecular weight is 467 g/mol. The molecule has 4 rings (SSSR count). The Morgan fingerprint density at radius 2 is 1.88 bits per heavy atom. The van der Waals surface area contributed by atoms with Gasteiger partial charge in [-0.1, -0.05) is 41.7 Å². The lowest BCUT2D eigenvalue weighted by Gasteiger charge is -2.20. The van der Waals surface area contributed by atoms with Gasteiger partial charge in [0.2, 0.25) is 5.91 Å². The van der Waals surface area contributed by atoms with E-state index >= 15 is 0 Å². The average Bonchev–Trinajstić information content (AvgIpc) is 3.25. The van der Waals surface area contributed by atoms with Crippen LogP contribution in [0.2, 0.25) is 0 Å². The number of methoxy groups -OCH3 is 1. The van der Waals surface area contributed by atoms with E-state index in [1.54, 1.807) is 35.9 Å². The van der Waals surface area contributed by atoms with Crippen molar-refractivity contribution in [2.45, 2.75) is 24.3 Å². The molecule has 1 heterocycles. The van der Waals surface area contributed by atoms with Crippen LogP contribution in [0.15, 0.2) is 77.7 Å². The van der Waals surface area contributed by atoms with E-state index in [1.807, 2.05) is 48.5 Å². The van der Waals surface area contributed by atoms with Crippen LogP contribution in [0.5, 0.6) is 5.75 Å². The van der Waals surface area contributed by atoms with Crippen LogP contribution in [-0.4, -0.2) is 23.8 Å². The molecule has 1 amide bonds. The van der Waals surface area contributed by atoms with Crippen molar-refractivity contribution < 1.29 is 13.9 Å². The quantitative estimate of drug-likeness (QED) is 0.207. The summed E-state index contributed by atoms with van der Waals surface area (Å²) in [4.78, 5) is 20.7. The summed E-state index contributed by atoms with van der Waals surface area (Å²) < 4.78 is 19.4. The van der Waals surface area contributed by atoms with Crippen molar-refractivity contribution in [1.82, 2.24) is 4.98 Å². The molecule has 0 aliphatic heterocycles. The Labute approximate surface area is 195 Å². The minimum absolute atomic E-state index is 0.0413. The van der Waals surface area contributed by atoms with Crippen molar-refractivity contribution in [3.8, 4) is 5.75 Å². The number of benzene rings is 3. The first-order chi connectivity index (χ1) is 15.6. The highest BCUT2D eigenvalue weighted by Gasteiger charge is 2.20. The van der Waals surface area contributed by atoms with Crippen molar-refractivity contribution in [1.29, 1.82) is 0 Å². The predicted molar refractivity (Wildman–Crippen MR) is 130 cm³/mol. The van der Waals surface area contributed by atoms with Gasteiger partial charge in [0.15, 0.2) is 5.13 Å². The fraction of sp³-hybridized carbons (Fsp3) is 0.200. The number of hydrogen-bond donors (Lipinski definition) is 0. The van der Waals surface area contributed by atoms with Crippen LogP contribution in [0.25, 0.3) is 10.2 Å². The van der Waals surface area contributed by atoms with Crippen LogP contribution in [0.3, 0.4) is 0 Å². The Morgan fingerprint density at radius 1 is 1.09 bits per heavy atom. The Morgan fingerprint density at radius 3 is 2.62 bits per heavy atom. The monoisotopic (exact) mass is 466 g/mol. The molecule has 0 aliphatic carbocycles. The smallest absolute Gasteiger partial charge is 0.229 e. The summed E-state index contributed by atoms with van der Waals surface area (Å²) in [5.74, 6) is 1.36. The number of thiazole rings is 1. The van der Waals surface area contributed by atoms with E-state index in [2.05, 4.69) is 0 Å². The van der Waals surface area contributed by atoms with Crippen molar-refractivity contribution in [2.75, 3.05) is 17.8 Å². The van der Waals surface area contributed by atoms with E-state index in [9.17, 15) is 9.18 Å². The van der Waals surface area contributed by atoms with Gasteiger partial charge in [-0.3, -0.25) is 9.69 Å². The van der Waals surface area contributed by atoms with Crippen molar-refractivity contribution >= 4 is 44.4 Å². The first kappa shape index (κ1) is 22.3. The largest absolute Gasteiger partial charge is 0.497 e. The second kappa shape index (κ2) is 10.6. The number of halogens is 1. The van der Waals surface area contributed by atoms with Gasteiger partial charge in [0, 0.05) is 11.3 Å². The molecule has 0 saturated carbocycles. The van der Waals surface area contributed by atoms with E-state index in [0.717, 1.165) is 38.6 Å². The molecule has 0 radical (unpaired) electrons. The molecule has 4 aromatic rings. The molecule has 0 saturated heterocycles. The van der Waals surface area contributed by atoms with Gasteiger partial charge in [0.05, 0.1) is 23.9 Å². The molecule has 0 N–H and O–H groups in total. The van der Waals surface area contributed by atoms with Crippen LogP contribution >= 0.6 is 23.1 Å². The Bertz CT molecular complexity index is 1180. The van der Waals surface area contributed by atoms with E-state index in [0.29, 0.717) is 18.1 Å². The fourth-order valence-electron chi connectivity index (χ4n) is 3.24. The number of fused-ring (bicyclic) bond motifs is 1. The number of rotatable bonds is 9. The van der Waals surface area contributed by atoms with Crippen molar-refractivity contribution in [3.05, 3.63) is 84.2 Å². The summed E-state index contributed by atoms with van der Waals surface area (Å²) in [6.45, 7) is 0.474. The lowest BCUT2D eigenvalue weighted by Crippen LogP contribution is -2.30. The number of aromatic nitrogens is 1. The molecule has 0 aliphatic rings.